The van der Waals surface area contributed by atoms with Crippen LogP contribution in [0.4, 0.5) is 0 Å². The Morgan fingerprint density at radius 2 is 1.79 bits per heavy atom. The maximum absolute atomic E-state index is 12.3. The van der Waals surface area contributed by atoms with E-state index < -0.39 is 0 Å². The van der Waals surface area contributed by atoms with E-state index in [4.69, 9.17) is 0 Å². The Bertz CT molecular complexity index is 675. The molecule has 2 amide bonds. The summed E-state index contributed by atoms with van der Waals surface area (Å²) in [5.74, 6) is 1.11. The van der Waals surface area contributed by atoms with Gasteiger partial charge in [0.15, 0.2) is 0 Å². The molecule has 0 fully saturated rings. The molecule has 1 aromatic rings. The lowest BCUT2D eigenvalue weighted by Gasteiger charge is -2.29. The summed E-state index contributed by atoms with van der Waals surface area (Å²) in [5.41, 5.74) is 4.95. The molecule has 29 heavy (non-hydrogen) atoms. The summed E-state index contributed by atoms with van der Waals surface area (Å²) >= 11 is 0. The third-order valence-corrected chi connectivity index (χ3v) is 4.85. The van der Waals surface area contributed by atoms with Crippen LogP contribution in [-0.4, -0.2) is 49.5 Å². The van der Waals surface area contributed by atoms with Crippen LogP contribution in [0.1, 0.15) is 46.1 Å². The number of hydrogen-bond acceptors (Lipinski definition) is 3. The second kappa shape index (κ2) is 11.6. The van der Waals surface area contributed by atoms with E-state index in [1.807, 2.05) is 36.4 Å². The molecule has 0 spiro atoms. The molecular weight excluding hydrogens is 364 g/mol. The Labute approximate surface area is 175 Å². The Kier molecular flexibility index (Phi) is 9.19. The molecule has 6 heteroatoms. The van der Waals surface area contributed by atoms with Gasteiger partial charge in [0.1, 0.15) is 6.54 Å². The minimum atomic E-state index is -0.130. The van der Waals surface area contributed by atoms with Crippen molar-refractivity contribution >= 4 is 17.5 Å². The van der Waals surface area contributed by atoms with Crippen molar-refractivity contribution in [3.05, 3.63) is 42.0 Å². The lowest BCUT2D eigenvalue weighted by atomic mass is 10.1. The van der Waals surface area contributed by atoms with Crippen LogP contribution in [0.25, 0.3) is 5.70 Å². The van der Waals surface area contributed by atoms with Gasteiger partial charge < -0.3 is 10.2 Å². The van der Waals surface area contributed by atoms with Gasteiger partial charge in [-0.15, -0.1) is 0 Å². The van der Waals surface area contributed by atoms with Gasteiger partial charge in [0.25, 0.3) is 0 Å². The van der Waals surface area contributed by atoms with Gasteiger partial charge in [-0.3, -0.25) is 15.0 Å². The first-order valence-electron chi connectivity index (χ1n) is 10.8. The van der Waals surface area contributed by atoms with Crippen molar-refractivity contribution in [3.8, 4) is 0 Å². The zero-order valence-electron chi connectivity index (χ0n) is 18.3. The van der Waals surface area contributed by atoms with Crippen molar-refractivity contribution in [1.82, 2.24) is 15.8 Å². The van der Waals surface area contributed by atoms with Gasteiger partial charge in [-0.25, -0.2) is 5.01 Å². The fourth-order valence-corrected chi connectivity index (χ4v) is 3.69. The quantitative estimate of drug-likeness (QED) is 0.492. The highest BCUT2D eigenvalue weighted by Gasteiger charge is 2.22. The summed E-state index contributed by atoms with van der Waals surface area (Å²) < 4.78 is 0. The SMILES string of the molecule is CC(C)C[NH+](CCCNC(=O)CN1NC(c2ccccc2)=CCC1=O)CC(C)C. The molecule has 1 aromatic carbocycles. The minimum absolute atomic E-state index is 0.0254. The molecular formula is C23H37N4O2+. The van der Waals surface area contributed by atoms with Crippen LogP contribution < -0.4 is 15.6 Å². The highest BCUT2D eigenvalue weighted by molar-refractivity contribution is 5.88. The highest BCUT2D eigenvalue weighted by Crippen LogP contribution is 2.16. The summed E-state index contributed by atoms with van der Waals surface area (Å²) in [6.07, 6.45) is 3.11. The van der Waals surface area contributed by atoms with Crippen molar-refractivity contribution in [2.75, 3.05) is 32.7 Å². The van der Waals surface area contributed by atoms with Crippen molar-refractivity contribution in [2.24, 2.45) is 11.8 Å². The molecule has 0 bridgehead atoms. The standard InChI is InChI=1S/C23H36N4O2/c1-18(2)15-26(16-19(3)4)14-8-13-24-22(28)17-27-23(29)12-11-21(25-27)20-9-6-5-7-10-20/h5-7,9-11,18-19,25H,8,12-17H2,1-4H3,(H,24,28)/p+1. The summed E-state index contributed by atoms with van der Waals surface area (Å²) in [5, 5.41) is 4.37. The monoisotopic (exact) mass is 401 g/mol. The Balaban J connectivity index is 1.75. The number of benzene rings is 1. The summed E-state index contributed by atoms with van der Waals surface area (Å²) in [6.45, 7) is 13.1. The van der Waals surface area contributed by atoms with E-state index >= 15 is 0 Å². The lowest BCUT2D eigenvalue weighted by Crippen LogP contribution is -3.13. The first-order chi connectivity index (χ1) is 13.8. The predicted octanol–water partition coefficient (Wildman–Crippen LogP) is 1.47. The molecule has 0 unspecified atom stereocenters. The van der Waals surface area contributed by atoms with Gasteiger partial charge in [-0.1, -0.05) is 58.0 Å². The number of nitrogens with one attached hydrogen (secondary N) is 3. The van der Waals surface area contributed by atoms with Crippen molar-refractivity contribution < 1.29 is 14.5 Å². The molecule has 6 nitrogen and oxygen atoms in total. The molecule has 0 saturated heterocycles. The normalized spacial score (nSPS) is 14.4. The van der Waals surface area contributed by atoms with E-state index in [0.717, 1.165) is 37.3 Å². The van der Waals surface area contributed by atoms with E-state index in [1.165, 1.54) is 5.01 Å². The van der Waals surface area contributed by atoms with Gasteiger partial charge in [0.2, 0.25) is 11.8 Å². The molecule has 3 N–H and O–H groups in total. The van der Waals surface area contributed by atoms with Gasteiger partial charge >= 0.3 is 0 Å². The van der Waals surface area contributed by atoms with Crippen LogP contribution >= 0.6 is 0 Å². The predicted molar refractivity (Wildman–Crippen MR) is 117 cm³/mol. The van der Waals surface area contributed by atoms with Gasteiger partial charge in [0.05, 0.1) is 25.3 Å². The average molecular weight is 402 g/mol. The van der Waals surface area contributed by atoms with Gasteiger partial charge in [-0.05, 0) is 11.6 Å². The number of hydrogen-bond donors (Lipinski definition) is 3. The molecule has 160 valence electrons. The first-order valence-corrected chi connectivity index (χ1v) is 10.8. The second-order valence-electron chi connectivity index (χ2n) is 8.68. The number of carbonyl (C=O) groups excluding carboxylic acids is 2. The maximum Gasteiger partial charge on any atom is 0.245 e. The smallest absolute Gasteiger partial charge is 0.245 e. The number of hydrazine groups is 1. The fraction of sp³-hybridized carbons (Fsp3) is 0.565. The van der Waals surface area contributed by atoms with Crippen molar-refractivity contribution in [2.45, 2.75) is 40.5 Å². The van der Waals surface area contributed by atoms with Crippen LogP contribution in [0, 0.1) is 11.8 Å². The molecule has 2 rings (SSSR count). The molecule has 1 aliphatic heterocycles. The van der Waals surface area contributed by atoms with E-state index in [9.17, 15) is 9.59 Å². The molecule has 1 heterocycles. The molecule has 0 aromatic heterocycles. The van der Waals surface area contributed by atoms with E-state index in [2.05, 4.69) is 38.4 Å². The molecule has 0 atom stereocenters. The summed E-state index contributed by atoms with van der Waals surface area (Å²) in [7, 11) is 0. The van der Waals surface area contributed by atoms with E-state index in [0.29, 0.717) is 24.8 Å². The number of carbonyl (C=O) groups is 2. The topological polar surface area (TPSA) is 65.9 Å². The zero-order chi connectivity index (χ0) is 21.2. The number of nitrogens with zero attached hydrogens (tertiary/aromatic N) is 1. The largest absolute Gasteiger partial charge is 0.354 e. The van der Waals surface area contributed by atoms with Crippen LogP contribution in [0.5, 0.6) is 0 Å². The van der Waals surface area contributed by atoms with E-state index in [-0.39, 0.29) is 18.4 Å². The number of rotatable bonds is 11. The molecule has 1 aliphatic rings. The highest BCUT2D eigenvalue weighted by atomic mass is 16.2. The first kappa shape index (κ1) is 22.9. The van der Waals surface area contributed by atoms with Crippen LogP contribution in [0.2, 0.25) is 0 Å². The minimum Gasteiger partial charge on any atom is -0.354 e. The molecule has 0 aliphatic carbocycles. The zero-order valence-corrected chi connectivity index (χ0v) is 18.3. The number of amides is 2. The lowest BCUT2D eigenvalue weighted by molar-refractivity contribution is -0.906. The summed E-state index contributed by atoms with van der Waals surface area (Å²) in [4.78, 5) is 26.1. The third-order valence-electron chi connectivity index (χ3n) is 4.85. The average Bonchev–Trinajstić information content (AvgIpc) is 2.66. The van der Waals surface area contributed by atoms with Crippen molar-refractivity contribution in [3.63, 3.8) is 0 Å². The van der Waals surface area contributed by atoms with E-state index in [1.54, 1.807) is 4.90 Å². The van der Waals surface area contributed by atoms with Crippen molar-refractivity contribution in [1.29, 1.82) is 0 Å². The summed E-state index contributed by atoms with van der Waals surface area (Å²) in [6, 6.07) is 9.82. The maximum atomic E-state index is 12.3. The third kappa shape index (κ3) is 8.28. The molecule has 0 saturated carbocycles. The van der Waals surface area contributed by atoms with Gasteiger partial charge in [0, 0.05) is 31.2 Å². The fourth-order valence-electron chi connectivity index (χ4n) is 3.69. The van der Waals surface area contributed by atoms with Crippen LogP contribution in [-0.2, 0) is 9.59 Å². The number of quaternary nitrogens is 1. The molecule has 0 radical (unpaired) electrons. The Morgan fingerprint density at radius 3 is 2.41 bits per heavy atom. The Hall–Kier alpha value is -2.34. The van der Waals surface area contributed by atoms with Gasteiger partial charge in [-0.2, -0.15) is 0 Å². The Morgan fingerprint density at radius 1 is 1.14 bits per heavy atom. The van der Waals surface area contributed by atoms with Crippen LogP contribution in [0.3, 0.4) is 0 Å². The van der Waals surface area contributed by atoms with Crippen LogP contribution in [0.15, 0.2) is 36.4 Å². The second-order valence-corrected chi connectivity index (χ2v) is 8.68.